The average molecular weight is 424 g/mol. The number of nitrogens with zero attached hydrogens (tertiary/aromatic N) is 1. The van der Waals surface area contributed by atoms with E-state index >= 15 is 0 Å². The number of hydrogen-bond donors (Lipinski definition) is 1. The highest BCUT2D eigenvalue weighted by molar-refractivity contribution is 5.48. The van der Waals surface area contributed by atoms with Gasteiger partial charge in [-0.1, -0.05) is 102 Å². The fraction of sp³-hybridized carbons (Fsp3) is 0.333. The number of rotatable bonds is 5. The van der Waals surface area contributed by atoms with Crippen molar-refractivity contribution in [3.63, 3.8) is 0 Å². The maximum atomic E-state index is 12.3. The Kier molecular flexibility index (Phi) is 5.53. The molecule has 0 spiro atoms. The Morgan fingerprint density at radius 1 is 0.812 bits per heavy atom. The van der Waals surface area contributed by atoms with Gasteiger partial charge in [0.15, 0.2) is 0 Å². The Morgan fingerprint density at radius 3 is 1.78 bits per heavy atom. The molecule has 3 heterocycles. The van der Waals surface area contributed by atoms with Crippen molar-refractivity contribution in [2.45, 2.75) is 44.2 Å². The zero-order valence-electron chi connectivity index (χ0n) is 19.2. The minimum atomic E-state index is -0.665. The van der Waals surface area contributed by atoms with Crippen LogP contribution in [-0.2, 0) is 0 Å². The molecule has 3 saturated heterocycles. The van der Waals surface area contributed by atoms with Crippen LogP contribution in [0.1, 0.15) is 52.7 Å². The smallest absolute Gasteiger partial charge is 0.102 e. The third-order valence-electron chi connectivity index (χ3n) is 7.71. The van der Waals surface area contributed by atoms with Gasteiger partial charge in [0.25, 0.3) is 0 Å². The van der Waals surface area contributed by atoms with E-state index in [1.807, 2.05) is 0 Å². The summed E-state index contributed by atoms with van der Waals surface area (Å²) < 4.78 is 0. The summed E-state index contributed by atoms with van der Waals surface area (Å²) in [6, 6.07) is 27.9. The lowest BCUT2D eigenvalue weighted by atomic mass is 9.58. The minimum absolute atomic E-state index is 0.00341. The fourth-order valence-electron chi connectivity index (χ4n) is 6.42. The van der Waals surface area contributed by atoms with Gasteiger partial charge in [-0.05, 0) is 62.4 Å². The van der Waals surface area contributed by atoms with Gasteiger partial charge in [-0.2, -0.15) is 0 Å². The molecule has 32 heavy (non-hydrogen) atoms. The van der Waals surface area contributed by atoms with E-state index in [1.165, 1.54) is 27.8 Å². The van der Waals surface area contributed by atoms with Crippen LogP contribution in [-0.4, -0.2) is 28.6 Å². The number of aliphatic hydroxyl groups excluding tert-OH is 1. The van der Waals surface area contributed by atoms with Gasteiger partial charge in [0.2, 0.25) is 0 Å². The van der Waals surface area contributed by atoms with Gasteiger partial charge in [-0.3, -0.25) is 4.90 Å². The van der Waals surface area contributed by atoms with Gasteiger partial charge in [-0.25, -0.2) is 0 Å². The predicted octanol–water partition coefficient (Wildman–Crippen LogP) is 6.19. The molecule has 1 N–H and O–H groups in total. The molecule has 0 saturated carbocycles. The molecule has 3 aromatic carbocycles. The van der Waals surface area contributed by atoms with Crippen molar-refractivity contribution in [1.29, 1.82) is 0 Å². The average Bonchev–Trinajstić information content (AvgIpc) is 2.82. The van der Waals surface area contributed by atoms with Crippen molar-refractivity contribution in [3.8, 4) is 0 Å². The molecule has 2 heteroatoms. The highest BCUT2D eigenvalue weighted by Gasteiger charge is 2.58. The summed E-state index contributed by atoms with van der Waals surface area (Å²) in [5.74, 6) is 0.451. The molecule has 3 aliphatic rings. The maximum Gasteiger partial charge on any atom is 0.102 e. The lowest BCUT2D eigenvalue weighted by Gasteiger charge is -2.61. The number of piperidine rings is 3. The topological polar surface area (TPSA) is 23.5 Å². The number of hydrogen-bond acceptors (Lipinski definition) is 2. The van der Waals surface area contributed by atoms with E-state index in [-0.39, 0.29) is 5.92 Å². The zero-order chi connectivity index (χ0) is 22.3. The van der Waals surface area contributed by atoms with Crippen LogP contribution in [0.25, 0.3) is 0 Å². The van der Waals surface area contributed by atoms with Gasteiger partial charge in [0.05, 0.1) is 5.54 Å². The van der Waals surface area contributed by atoms with Gasteiger partial charge in [-0.15, -0.1) is 0 Å². The Labute approximate surface area is 192 Å². The molecule has 2 nitrogen and oxygen atoms in total. The number of benzene rings is 3. The second-order valence-corrected chi connectivity index (χ2v) is 9.69. The molecule has 2 bridgehead atoms. The van der Waals surface area contributed by atoms with Gasteiger partial charge < -0.3 is 5.11 Å². The first-order valence-electron chi connectivity index (χ1n) is 11.8. The summed E-state index contributed by atoms with van der Waals surface area (Å²) in [5, 5.41) is 12.3. The molecule has 6 rings (SSSR count). The molecule has 3 aromatic rings. The second kappa shape index (κ2) is 8.35. The third kappa shape index (κ3) is 3.34. The van der Waals surface area contributed by atoms with Crippen molar-refractivity contribution >= 4 is 0 Å². The number of fused-ring (bicyclic) bond motifs is 3. The van der Waals surface area contributed by atoms with Gasteiger partial charge in [0, 0.05) is 5.92 Å². The fourth-order valence-corrected chi connectivity index (χ4v) is 6.42. The molecule has 0 aliphatic carbocycles. The molecule has 0 radical (unpaired) electrons. The lowest BCUT2D eigenvalue weighted by molar-refractivity contribution is -0.0699. The number of aliphatic hydroxyl groups is 1. The molecule has 0 amide bonds. The molecule has 2 atom stereocenters. The highest BCUT2D eigenvalue weighted by atomic mass is 16.3. The second-order valence-electron chi connectivity index (χ2n) is 9.69. The Bertz CT molecular complexity index is 1040. The summed E-state index contributed by atoms with van der Waals surface area (Å²) in [6.07, 6.45) is 1.61. The van der Waals surface area contributed by atoms with Crippen LogP contribution in [0.5, 0.6) is 0 Å². The van der Waals surface area contributed by atoms with Crippen LogP contribution in [0.2, 0.25) is 0 Å². The predicted molar refractivity (Wildman–Crippen MR) is 132 cm³/mol. The molecular formula is C30H33NO. The Morgan fingerprint density at radius 2 is 1.31 bits per heavy atom. The molecule has 3 fully saturated rings. The van der Waals surface area contributed by atoms with Crippen molar-refractivity contribution in [3.05, 3.63) is 119 Å². The van der Waals surface area contributed by atoms with Crippen LogP contribution < -0.4 is 0 Å². The summed E-state index contributed by atoms with van der Waals surface area (Å²) in [4.78, 5) is 2.54. The van der Waals surface area contributed by atoms with E-state index in [0.29, 0.717) is 5.92 Å². The highest BCUT2D eigenvalue weighted by Crippen LogP contribution is 2.57. The van der Waals surface area contributed by atoms with Crippen LogP contribution in [0, 0.1) is 19.8 Å². The van der Waals surface area contributed by atoms with Crippen molar-refractivity contribution in [2.75, 3.05) is 13.1 Å². The first kappa shape index (κ1) is 21.2. The molecule has 3 aliphatic heterocycles. The van der Waals surface area contributed by atoms with E-state index in [2.05, 4.69) is 97.6 Å². The SMILES string of the molecule is C=C1C2CCN(CC2)C1(C(O)c1cc(C)cc(C)c1)C(c1ccccc1)c1ccccc1. The normalized spacial score (nSPS) is 25.8. The Hall–Kier alpha value is -2.68. The quantitative estimate of drug-likeness (QED) is 0.495. The summed E-state index contributed by atoms with van der Waals surface area (Å²) in [7, 11) is 0. The van der Waals surface area contributed by atoms with Crippen molar-refractivity contribution in [2.24, 2.45) is 5.92 Å². The lowest BCUT2D eigenvalue weighted by Crippen LogP contribution is -2.65. The van der Waals surface area contributed by atoms with Crippen LogP contribution in [0.4, 0.5) is 0 Å². The van der Waals surface area contributed by atoms with Gasteiger partial charge >= 0.3 is 0 Å². The molecule has 2 unspecified atom stereocenters. The summed E-state index contributed by atoms with van der Waals surface area (Å²) >= 11 is 0. The summed E-state index contributed by atoms with van der Waals surface area (Å²) in [5.41, 5.74) is 6.45. The monoisotopic (exact) mass is 423 g/mol. The van der Waals surface area contributed by atoms with E-state index in [0.717, 1.165) is 31.5 Å². The molecular weight excluding hydrogens is 390 g/mol. The number of aryl methyl sites for hydroxylation is 2. The van der Waals surface area contributed by atoms with E-state index in [9.17, 15) is 5.11 Å². The standard InChI is InChI=1S/C30H33NO/c1-21-18-22(2)20-27(19-21)29(32)30(23(3)24-14-16-31(30)17-15-24)28(25-10-6-4-7-11-25)26-12-8-5-9-13-26/h4-13,18-20,24,28-29,32H,3,14-17H2,1-2H3. The largest absolute Gasteiger partial charge is 0.386 e. The minimum Gasteiger partial charge on any atom is -0.386 e. The molecule has 164 valence electrons. The van der Waals surface area contributed by atoms with Crippen LogP contribution >= 0.6 is 0 Å². The van der Waals surface area contributed by atoms with E-state index in [1.54, 1.807) is 0 Å². The Balaban J connectivity index is 1.78. The summed E-state index contributed by atoms with van der Waals surface area (Å²) in [6.45, 7) is 10.9. The van der Waals surface area contributed by atoms with Crippen molar-refractivity contribution < 1.29 is 5.11 Å². The van der Waals surface area contributed by atoms with Crippen molar-refractivity contribution in [1.82, 2.24) is 4.90 Å². The van der Waals surface area contributed by atoms with Gasteiger partial charge in [0.1, 0.15) is 6.10 Å². The first-order valence-corrected chi connectivity index (χ1v) is 11.8. The molecule has 0 aromatic heterocycles. The first-order chi connectivity index (χ1) is 15.5. The van der Waals surface area contributed by atoms with E-state index in [4.69, 9.17) is 6.58 Å². The van der Waals surface area contributed by atoms with Crippen LogP contribution in [0.15, 0.2) is 91.0 Å². The zero-order valence-corrected chi connectivity index (χ0v) is 19.2. The third-order valence-corrected chi connectivity index (χ3v) is 7.71. The van der Waals surface area contributed by atoms with Crippen LogP contribution in [0.3, 0.4) is 0 Å². The maximum absolute atomic E-state index is 12.3. The van der Waals surface area contributed by atoms with E-state index < -0.39 is 11.6 Å².